The van der Waals surface area contributed by atoms with Crippen LogP contribution in [0.3, 0.4) is 0 Å². The van der Waals surface area contributed by atoms with E-state index in [0.29, 0.717) is 0 Å². The van der Waals surface area contributed by atoms with Gasteiger partial charge in [0, 0.05) is 10.9 Å². The highest BCUT2D eigenvalue weighted by atomic mass is 35.5. The molecule has 2 aromatic rings. The number of amides is 1. The Kier molecular flexibility index (Phi) is 4.36. The van der Waals surface area contributed by atoms with E-state index in [4.69, 9.17) is 11.6 Å². The maximum atomic E-state index is 12.1. The fraction of sp³-hybridized carbons (Fsp3) is 0.154. The molecule has 0 aliphatic heterocycles. The number of halogens is 1. The Balaban J connectivity index is 2.22. The lowest BCUT2D eigenvalue weighted by Crippen LogP contribution is -2.26. The Morgan fingerprint density at radius 3 is 2.75 bits per heavy atom. The smallest absolute Gasteiger partial charge is 0.288 e. The Bertz CT molecular complexity index is 643. The minimum absolute atomic E-state index is 0.101. The number of carbonyl (C=O) groups is 1. The van der Waals surface area contributed by atoms with Crippen LogP contribution < -0.4 is 5.32 Å². The number of hydrogen-bond donors (Lipinski definition) is 1. The monoisotopic (exact) mass is 310 g/mol. The van der Waals surface area contributed by atoms with Gasteiger partial charge in [-0.2, -0.15) is 0 Å². The van der Waals surface area contributed by atoms with E-state index in [1.165, 1.54) is 29.5 Å². The van der Waals surface area contributed by atoms with Crippen molar-refractivity contribution in [3.8, 4) is 0 Å². The van der Waals surface area contributed by atoms with Crippen LogP contribution in [0, 0.1) is 10.1 Å². The van der Waals surface area contributed by atoms with Crippen LogP contribution in [0.5, 0.6) is 0 Å². The van der Waals surface area contributed by atoms with Gasteiger partial charge < -0.3 is 5.32 Å². The summed E-state index contributed by atoms with van der Waals surface area (Å²) in [6.45, 7) is 1.84. The highest BCUT2D eigenvalue weighted by Gasteiger charge is 2.21. The Labute approximate surface area is 124 Å². The summed E-state index contributed by atoms with van der Waals surface area (Å²) in [5.41, 5.74) is -0.174. The van der Waals surface area contributed by atoms with Gasteiger partial charge in [-0.15, -0.1) is 11.3 Å². The van der Waals surface area contributed by atoms with Crippen LogP contribution in [0.2, 0.25) is 5.02 Å². The molecule has 0 aliphatic carbocycles. The van der Waals surface area contributed by atoms with Gasteiger partial charge in [0.15, 0.2) is 0 Å². The molecule has 5 nitrogen and oxygen atoms in total. The van der Waals surface area contributed by atoms with E-state index < -0.39 is 10.8 Å². The number of benzene rings is 1. The molecular formula is C13H11ClN2O3S. The highest BCUT2D eigenvalue weighted by molar-refractivity contribution is 7.10. The van der Waals surface area contributed by atoms with Crippen molar-refractivity contribution < 1.29 is 9.72 Å². The molecule has 1 atom stereocenters. The standard InChI is InChI=1S/C13H11ClN2O3S/c1-8(11-6-3-7-20-11)15-13(17)9-4-2-5-10(12(9)14)16(18)19/h2-8H,1H3,(H,15,17). The Morgan fingerprint density at radius 1 is 1.40 bits per heavy atom. The zero-order valence-corrected chi connectivity index (χ0v) is 12.1. The third-order valence-corrected chi connectivity index (χ3v) is 4.19. The second-order valence-electron chi connectivity index (χ2n) is 4.11. The maximum absolute atomic E-state index is 12.1. The first-order valence-electron chi connectivity index (χ1n) is 5.78. The number of rotatable bonds is 4. The predicted octanol–water partition coefficient (Wildman–Crippen LogP) is 3.80. The fourth-order valence-electron chi connectivity index (χ4n) is 1.72. The largest absolute Gasteiger partial charge is 0.345 e. The number of nitrogens with zero attached hydrogens (tertiary/aromatic N) is 1. The number of nitro groups is 1. The van der Waals surface area contributed by atoms with Gasteiger partial charge in [-0.05, 0) is 24.4 Å². The third-order valence-electron chi connectivity index (χ3n) is 2.74. The molecule has 0 radical (unpaired) electrons. The van der Waals surface area contributed by atoms with Crippen molar-refractivity contribution in [2.45, 2.75) is 13.0 Å². The molecule has 0 aliphatic rings. The van der Waals surface area contributed by atoms with Crippen molar-refractivity contribution in [2.75, 3.05) is 0 Å². The normalized spacial score (nSPS) is 11.9. The molecule has 2 rings (SSSR count). The molecule has 0 fully saturated rings. The van der Waals surface area contributed by atoms with E-state index in [0.717, 1.165) is 4.88 Å². The summed E-state index contributed by atoms with van der Waals surface area (Å²) in [4.78, 5) is 23.3. The lowest BCUT2D eigenvalue weighted by molar-refractivity contribution is -0.384. The van der Waals surface area contributed by atoms with Gasteiger partial charge in [-0.25, -0.2) is 0 Å². The van der Waals surface area contributed by atoms with Crippen LogP contribution in [-0.2, 0) is 0 Å². The molecule has 1 unspecified atom stereocenters. The van der Waals surface area contributed by atoms with Gasteiger partial charge >= 0.3 is 0 Å². The van der Waals surface area contributed by atoms with Gasteiger partial charge in [0.05, 0.1) is 16.5 Å². The summed E-state index contributed by atoms with van der Waals surface area (Å²) in [5, 5.41) is 15.3. The highest BCUT2D eigenvalue weighted by Crippen LogP contribution is 2.28. The molecular weight excluding hydrogens is 300 g/mol. The number of nitrogens with one attached hydrogen (secondary N) is 1. The van der Waals surface area contributed by atoms with E-state index in [2.05, 4.69) is 5.32 Å². The zero-order valence-electron chi connectivity index (χ0n) is 10.5. The van der Waals surface area contributed by atoms with E-state index in [1.807, 2.05) is 24.4 Å². The summed E-state index contributed by atoms with van der Waals surface area (Å²) in [6.07, 6.45) is 0. The second-order valence-corrected chi connectivity index (χ2v) is 5.46. The molecule has 1 N–H and O–H groups in total. The molecule has 104 valence electrons. The zero-order chi connectivity index (χ0) is 14.7. The fourth-order valence-corrected chi connectivity index (χ4v) is 2.73. The Hall–Kier alpha value is -1.92. The van der Waals surface area contributed by atoms with Crippen molar-refractivity contribution >= 4 is 34.5 Å². The molecule has 1 aromatic carbocycles. The third kappa shape index (κ3) is 2.97. The first-order chi connectivity index (χ1) is 9.50. The molecule has 1 aromatic heterocycles. The summed E-state index contributed by atoms with van der Waals surface area (Å²) in [6, 6.07) is 7.79. The quantitative estimate of drug-likeness (QED) is 0.689. The summed E-state index contributed by atoms with van der Waals surface area (Å²) in [5.74, 6) is -0.431. The minimum Gasteiger partial charge on any atom is -0.345 e. The van der Waals surface area contributed by atoms with Crippen LogP contribution in [-0.4, -0.2) is 10.8 Å². The summed E-state index contributed by atoms with van der Waals surface area (Å²) >= 11 is 7.43. The molecule has 0 bridgehead atoms. The lowest BCUT2D eigenvalue weighted by atomic mass is 10.1. The van der Waals surface area contributed by atoms with Crippen LogP contribution in [0.15, 0.2) is 35.7 Å². The van der Waals surface area contributed by atoms with Gasteiger partial charge in [0.2, 0.25) is 0 Å². The number of carbonyl (C=O) groups excluding carboxylic acids is 1. The first kappa shape index (κ1) is 14.5. The number of thiophene rings is 1. The van der Waals surface area contributed by atoms with Gasteiger partial charge in [0.25, 0.3) is 11.6 Å². The maximum Gasteiger partial charge on any atom is 0.288 e. The predicted molar refractivity (Wildman–Crippen MR) is 78.3 cm³/mol. The van der Waals surface area contributed by atoms with E-state index in [1.54, 1.807) is 0 Å². The van der Waals surface area contributed by atoms with Crippen LogP contribution in [0.1, 0.15) is 28.2 Å². The summed E-state index contributed by atoms with van der Waals surface area (Å²) in [7, 11) is 0. The van der Waals surface area contributed by atoms with E-state index in [-0.39, 0.29) is 22.3 Å². The summed E-state index contributed by atoms with van der Waals surface area (Å²) < 4.78 is 0. The lowest BCUT2D eigenvalue weighted by Gasteiger charge is -2.12. The van der Waals surface area contributed by atoms with Crippen molar-refractivity contribution in [3.63, 3.8) is 0 Å². The van der Waals surface area contributed by atoms with Gasteiger partial charge in [0.1, 0.15) is 5.02 Å². The van der Waals surface area contributed by atoms with Crippen LogP contribution >= 0.6 is 22.9 Å². The topological polar surface area (TPSA) is 72.2 Å². The van der Waals surface area contributed by atoms with Crippen LogP contribution in [0.4, 0.5) is 5.69 Å². The Morgan fingerprint density at radius 2 is 2.15 bits per heavy atom. The molecule has 0 saturated carbocycles. The molecule has 0 saturated heterocycles. The van der Waals surface area contributed by atoms with Gasteiger partial charge in [-0.3, -0.25) is 14.9 Å². The van der Waals surface area contributed by atoms with Crippen LogP contribution in [0.25, 0.3) is 0 Å². The first-order valence-corrected chi connectivity index (χ1v) is 7.03. The SMILES string of the molecule is CC(NC(=O)c1cccc([N+](=O)[O-])c1Cl)c1cccs1. The molecule has 20 heavy (non-hydrogen) atoms. The molecule has 7 heteroatoms. The second kappa shape index (κ2) is 6.02. The number of nitro benzene ring substituents is 1. The van der Waals surface area contributed by atoms with Crippen molar-refractivity contribution in [1.29, 1.82) is 0 Å². The van der Waals surface area contributed by atoms with Crippen molar-refractivity contribution in [2.24, 2.45) is 0 Å². The van der Waals surface area contributed by atoms with Crippen molar-refractivity contribution in [3.05, 3.63) is 61.3 Å². The van der Waals surface area contributed by atoms with E-state index >= 15 is 0 Å². The molecule has 0 spiro atoms. The average Bonchev–Trinajstić information content (AvgIpc) is 2.92. The van der Waals surface area contributed by atoms with Crippen molar-refractivity contribution in [1.82, 2.24) is 5.32 Å². The average molecular weight is 311 g/mol. The number of hydrogen-bond acceptors (Lipinski definition) is 4. The molecule has 1 heterocycles. The minimum atomic E-state index is -0.609. The molecule has 1 amide bonds. The van der Waals surface area contributed by atoms with Gasteiger partial charge in [-0.1, -0.05) is 23.7 Å². The van der Waals surface area contributed by atoms with E-state index in [9.17, 15) is 14.9 Å².